The van der Waals surface area contributed by atoms with E-state index in [0.29, 0.717) is 24.3 Å². The molecule has 1 aliphatic rings. The molecule has 1 aromatic carbocycles. The second-order valence-electron chi connectivity index (χ2n) is 6.14. The van der Waals surface area contributed by atoms with E-state index in [1.807, 2.05) is 6.07 Å². The van der Waals surface area contributed by atoms with Crippen molar-refractivity contribution in [2.24, 2.45) is 0 Å². The lowest BCUT2D eigenvalue weighted by Crippen LogP contribution is -2.34. The third kappa shape index (κ3) is 2.60. The van der Waals surface area contributed by atoms with Crippen LogP contribution in [-0.2, 0) is 10.2 Å². The predicted molar refractivity (Wildman–Crippen MR) is 89.1 cm³/mol. The monoisotopic (exact) mass is 370 g/mol. The molecule has 1 aromatic rings. The van der Waals surface area contributed by atoms with Crippen molar-refractivity contribution in [1.29, 1.82) is 0 Å². The summed E-state index contributed by atoms with van der Waals surface area (Å²) in [6.07, 6.45) is 3.22. The van der Waals surface area contributed by atoms with Gasteiger partial charge in [-0.2, -0.15) is 0 Å². The van der Waals surface area contributed by atoms with Crippen molar-refractivity contribution in [3.8, 4) is 11.5 Å². The van der Waals surface area contributed by atoms with Gasteiger partial charge in [-0.3, -0.25) is 4.79 Å². The van der Waals surface area contributed by atoms with E-state index < -0.39 is 11.4 Å². The summed E-state index contributed by atoms with van der Waals surface area (Å²) < 4.78 is 11.7. The molecular formula is C17H23BrO4. The van der Waals surface area contributed by atoms with Gasteiger partial charge in [-0.05, 0) is 51.9 Å². The molecule has 1 saturated carbocycles. The number of aliphatic carboxylic acids is 1. The fourth-order valence-corrected chi connectivity index (χ4v) is 4.53. The summed E-state index contributed by atoms with van der Waals surface area (Å²) in [6, 6.07) is 1.86. The normalized spacial score (nSPS) is 16.8. The molecule has 0 aromatic heterocycles. The molecule has 0 amide bonds. The average Bonchev–Trinajstić information content (AvgIpc) is 2.96. The van der Waals surface area contributed by atoms with E-state index in [9.17, 15) is 9.90 Å². The number of hydrogen-bond acceptors (Lipinski definition) is 3. The molecule has 1 aliphatic carbocycles. The Balaban J connectivity index is 2.79. The van der Waals surface area contributed by atoms with Gasteiger partial charge >= 0.3 is 5.97 Å². The highest BCUT2D eigenvalue weighted by Gasteiger charge is 2.45. The van der Waals surface area contributed by atoms with Crippen LogP contribution in [0.3, 0.4) is 0 Å². The standard InChI is InChI=1S/C17H23BrO4/c1-10(2)13-11(17(16(19)20)7-5-6-8-17)9-12(21-3)15(22-4)14(13)18/h9-10H,5-8H2,1-4H3,(H,19,20). The first-order valence-electron chi connectivity index (χ1n) is 7.57. The van der Waals surface area contributed by atoms with Crippen LogP contribution in [0, 0.1) is 0 Å². The van der Waals surface area contributed by atoms with E-state index in [0.717, 1.165) is 28.4 Å². The molecule has 0 aliphatic heterocycles. The Morgan fingerprint density at radius 3 is 2.27 bits per heavy atom. The number of carboxylic acids is 1. The first kappa shape index (κ1) is 17.1. The zero-order valence-electron chi connectivity index (χ0n) is 13.5. The summed E-state index contributed by atoms with van der Waals surface area (Å²) in [7, 11) is 3.17. The number of methoxy groups -OCH3 is 2. The lowest BCUT2D eigenvalue weighted by Gasteiger charge is -2.30. The van der Waals surface area contributed by atoms with Crippen LogP contribution in [-0.4, -0.2) is 25.3 Å². The molecular weight excluding hydrogens is 348 g/mol. The zero-order valence-corrected chi connectivity index (χ0v) is 15.1. The van der Waals surface area contributed by atoms with Crippen LogP contribution < -0.4 is 9.47 Å². The number of benzene rings is 1. The Morgan fingerprint density at radius 1 is 1.27 bits per heavy atom. The fourth-order valence-electron chi connectivity index (χ4n) is 3.50. The molecule has 0 atom stereocenters. The lowest BCUT2D eigenvalue weighted by atomic mass is 9.74. The highest BCUT2D eigenvalue weighted by Crippen LogP contribution is 2.50. The van der Waals surface area contributed by atoms with Crippen molar-refractivity contribution < 1.29 is 19.4 Å². The first-order valence-corrected chi connectivity index (χ1v) is 8.36. The average molecular weight is 371 g/mol. The number of hydrogen-bond donors (Lipinski definition) is 1. The number of halogens is 1. The van der Waals surface area contributed by atoms with E-state index >= 15 is 0 Å². The Kier molecular flexibility index (Phi) is 5.05. The third-order valence-corrected chi connectivity index (χ3v) is 5.40. The Labute approximate surface area is 139 Å². The topological polar surface area (TPSA) is 55.8 Å². The summed E-state index contributed by atoms with van der Waals surface area (Å²) in [6.45, 7) is 4.14. The molecule has 122 valence electrons. The van der Waals surface area contributed by atoms with Gasteiger partial charge in [0, 0.05) is 0 Å². The van der Waals surface area contributed by atoms with Crippen molar-refractivity contribution >= 4 is 21.9 Å². The second kappa shape index (κ2) is 6.49. The lowest BCUT2D eigenvalue weighted by molar-refractivity contribution is -0.143. The van der Waals surface area contributed by atoms with Crippen LogP contribution in [0.25, 0.3) is 0 Å². The molecule has 1 fully saturated rings. The quantitative estimate of drug-likeness (QED) is 0.829. The highest BCUT2D eigenvalue weighted by molar-refractivity contribution is 9.10. The van der Waals surface area contributed by atoms with Gasteiger partial charge in [0.15, 0.2) is 11.5 Å². The second-order valence-corrected chi connectivity index (χ2v) is 6.93. The molecule has 0 saturated heterocycles. The molecule has 1 N–H and O–H groups in total. The number of carbonyl (C=O) groups is 1. The molecule has 2 rings (SSSR count). The van der Waals surface area contributed by atoms with Crippen LogP contribution in [0.15, 0.2) is 10.5 Å². The van der Waals surface area contributed by atoms with Gasteiger partial charge in [-0.25, -0.2) is 0 Å². The van der Waals surface area contributed by atoms with Crippen LogP contribution in [0.2, 0.25) is 0 Å². The molecule has 4 nitrogen and oxygen atoms in total. The maximum atomic E-state index is 12.1. The van der Waals surface area contributed by atoms with Gasteiger partial charge in [0.2, 0.25) is 0 Å². The van der Waals surface area contributed by atoms with Gasteiger partial charge in [-0.1, -0.05) is 26.7 Å². The van der Waals surface area contributed by atoms with Crippen LogP contribution in [0.1, 0.15) is 56.6 Å². The van der Waals surface area contributed by atoms with Crippen molar-refractivity contribution in [3.05, 3.63) is 21.7 Å². The van der Waals surface area contributed by atoms with E-state index in [1.54, 1.807) is 14.2 Å². The summed E-state index contributed by atoms with van der Waals surface area (Å²) >= 11 is 3.61. The van der Waals surface area contributed by atoms with Crippen molar-refractivity contribution in [3.63, 3.8) is 0 Å². The molecule has 5 heteroatoms. The van der Waals surface area contributed by atoms with E-state index in [2.05, 4.69) is 29.8 Å². The third-order valence-electron chi connectivity index (χ3n) is 4.61. The molecule has 0 spiro atoms. The van der Waals surface area contributed by atoms with E-state index in [4.69, 9.17) is 9.47 Å². The predicted octanol–water partition coefficient (Wildman–Crippen LogP) is 4.49. The van der Waals surface area contributed by atoms with Crippen LogP contribution >= 0.6 is 15.9 Å². The first-order chi connectivity index (χ1) is 10.4. The summed E-state index contributed by atoms with van der Waals surface area (Å²) in [5.74, 6) is 0.627. The maximum Gasteiger partial charge on any atom is 0.314 e. The number of carboxylic acid groups (broad SMARTS) is 1. The van der Waals surface area contributed by atoms with Gasteiger partial charge < -0.3 is 14.6 Å². The zero-order chi connectivity index (χ0) is 16.5. The fraction of sp³-hybridized carbons (Fsp3) is 0.588. The van der Waals surface area contributed by atoms with Crippen molar-refractivity contribution in [2.45, 2.75) is 50.9 Å². The summed E-state index contributed by atoms with van der Waals surface area (Å²) in [5, 5.41) is 9.92. The van der Waals surface area contributed by atoms with Crippen molar-refractivity contribution in [1.82, 2.24) is 0 Å². The van der Waals surface area contributed by atoms with Crippen molar-refractivity contribution in [2.75, 3.05) is 14.2 Å². The van der Waals surface area contributed by atoms with Gasteiger partial charge in [-0.15, -0.1) is 0 Å². The summed E-state index contributed by atoms with van der Waals surface area (Å²) in [5.41, 5.74) is 1.04. The SMILES string of the molecule is COc1cc(C2(C(=O)O)CCCC2)c(C(C)C)c(Br)c1OC. The molecule has 0 unspecified atom stereocenters. The Bertz CT molecular complexity index is 575. The smallest absolute Gasteiger partial charge is 0.314 e. The summed E-state index contributed by atoms with van der Waals surface area (Å²) in [4.78, 5) is 12.1. The highest BCUT2D eigenvalue weighted by atomic mass is 79.9. The largest absolute Gasteiger partial charge is 0.493 e. The minimum absolute atomic E-state index is 0.181. The Hall–Kier alpha value is -1.23. The van der Waals surface area contributed by atoms with Crippen LogP contribution in [0.4, 0.5) is 0 Å². The number of ether oxygens (including phenoxy) is 2. The molecule has 0 heterocycles. The maximum absolute atomic E-state index is 12.1. The van der Waals surface area contributed by atoms with Gasteiger partial charge in [0.05, 0.1) is 24.1 Å². The van der Waals surface area contributed by atoms with Gasteiger partial charge in [0.1, 0.15) is 0 Å². The van der Waals surface area contributed by atoms with E-state index in [1.165, 1.54) is 0 Å². The van der Waals surface area contributed by atoms with E-state index in [-0.39, 0.29) is 5.92 Å². The number of rotatable bonds is 5. The van der Waals surface area contributed by atoms with Gasteiger partial charge in [0.25, 0.3) is 0 Å². The minimum atomic E-state index is -0.818. The molecule has 0 radical (unpaired) electrons. The minimum Gasteiger partial charge on any atom is -0.493 e. The molecule has 22 heavy (non-hydrogen) atoms. The molecule has 0 bridgehead atoms. The van der Waals surface area contributed by atoms with Crippen LogP contribution in [0.5, 0.6) is 11.5 Å². The Morgan fingerprint density at radius 2 is 1.86 bits per heavy atom.